The van der Waals surface area contributed by atoms with Crippen LogP contribution < -0.4 is 0 Å². The number of imidazole rings is 1. The molecule has 82 valence electrons. The molecule has 4 heteroatoms. The van der Waals surface area contributed by atoms with Crippen LogP contribution in [0.25, 0.3) is 0 Å². The van der Waals surface area contributed by atoms with E-state index < -0.39 is 0 Å². The van der Waals surface area contributed by atoms with Gasteiger partial charge in [-0.15, -0.1) is 0 Å². The number of hydrogen-bond acceptors (Lipinski definition) is 2. The Morgan fingerprint density at radius 2 is 2.07 bits per heavy atom. The minimum Gasteiger partial charge on any atom is -0.373 e. The number of fused-ring (bicyclic) bond motifs is 1. The number of rotatable bonds is 1. The number of aliphatic hydroxyl groups excluding tert-OH is 1. The first-order valence-corrected chi connectivity index (χ1v) is 6.51. The molecule has 3 nitrogen and oxygen atoms in total. The topological polar surface area (TPSA) is 38.1 Å². The zero-order valence-corrected chi connectivity index (χ0v) is 10.2. The first kappa shape index (κ1) is 9.85. The molecule has 0 saturated heterocycles. The fourth-order valence-corrected chi connectivity index (χ4v) is 3.12. The fraction of sp³-hybridized carbons (Fsp3) is 0.727. The summed E-state index contributed by atoms with van der Waals surface area (Å²) in [5, 5.41) is 10.0. The van der Waals surface area contributed by atoms with Crippen LogP contribution in [0.3, 0.4) is 0 Å². The SMILES string of the molecule is OC1CCCc2c(Br)nc(C3CCC3)n21. The highest BCUT2D eigenvalue weighted by Crippen LogP contribution is 2.40. The monoisotopic (exact) mass is 270 g/mol. The van der Waals surface area contributed by atoms with Crippen LogP contribution in [-0.4, -0.2) is 14.7 Å². The van der Waals surface area contributed by atoms with Gasteiger partial charge >= 0.3 is 0 Å². The average molecular weight is 271 g/mol. The Hall–Kier alpha value is -0.350. The Balaban J connectivity index is 2.06. The van der Waals surface area contributed by atoms with Gasteiger partial charge in [0, 0.05) is 5.92 Å². The van der Waals surface area contributed by atoms with Gasteiger partial charge in [0.15, 0.2) is 0 Å². The molecular formula is C11H15BrN2O. The molecule has 0 bridgehead atoms. The van der Waals surface area contributed by atoms with Gasteiger partial charge in [0.2, 0.25) is 0 Å². The van der Waals surface area contributed by atoms with Crippen molar-refractivity contribution in [2.24, 2.45) is 0 Å². The van der Waals surface area contributed by atoms with Crippen LogP contribution in [-0.2, 0) is 6.42 Å². The maximum atomic E-state index is 10.0. The zero-order chi connectivity index (χ0) is 10.4. The van der Waals surface area contributed by atoms with Gasteiger partial charge in [-0.1, -0.05) is 6.42 Å². The lowest BCUT2D eigenvalue weighted by Crippen LogP contribution is -2.23. The highest BCUT2D eigenvalue weighted by Gasteiger charge is 2.31. The third kappa shape index (κ3) is 1.46. The molecule has 0 amide bonds. The minimum absolute atomic E-state index is 0.344. The van der Waals surface area contributed by atoms with Crippen molar-refractivity contribution < 1.29 is 5.11 Å². The first-order chi connectivity index (χ1) is 7.27. The zero-order valence-electron chi connectivity index (χ0n) is 8.62. The molecule has 1 atom stereocenters. The summed E-state index contributed by atoms with van der Waals surface area (Å²) in [6.45, 7) is 0. The van der Waals surface area contributed by atoms with Gasteiger partial charge in [-0.2, -0.15) is 0 Å². The first-order valence-electron chi connectivity index (χ1n) is 5.72. The summed E-state index contributed by atoms with van der Waals surface area (Å²) in [4.78, 5) is 4.58. The molecule has 1 aromatic rings. The van der Waals surface area contributed by atoms with Gasteiger partial charge in [-0.25, -0.2) is 4.98 Å². The molecule has 0 spiro atoms. The second-order valence-corrected chi connectivity index (χ2v) is 5.33. The van der Waals surface area contributed by atoms with Crippen molar-refractivity contribution in [3.8, 4) is 0 Å². The smallest absolute Gasteiger partial charge is 0.132 e. The Kier molecular flexibility index (Phi) is 2.36. The highest BCUT2D eigenvalue weighted by molar-refractivity contribution is 9.10. The van der Waals surface area contributed by atoms with E-state index in [0.29, 0.717) is 5.92 Å². The molecule has 0 radical (unpaired) electrons. The van der Waals surface area contributed by atoms with E-state index in [1.165, 1.54) is 25.0 Å². The molecule has 1 N–H and O–H groups in total. The number of aliphatic hydroxyl groups is 1. The van der Waals surface area contributed by atoms with E-state index in [0.717, 1.165) is 29.7 Å². The van der Waals surface area contributed by atoms with Crippen molar-refractivity contribution in [3.05, 3.63) is 16.1 Å². The molecule has 3 rings (SSSR count). The van der Waals surface area contributed by atoms with Crippen LogP contribution in [0.15, 0.2) is 4.60 Å². The summed E-state index contributed by atoms with van der Waals surface area (Å²) in [6.07, 6.45) is 6.40. The number of nitrogens with zero attached hydrogens (tertiary/aromatic N) is 2. The molecule has 15 heavy (non-hydrogen) atoms. The summed E-state index contributed by atoms with van der Waals surface area (Å²) in [6, 6.07) is 0. The second kappa shape index (κ2) is 3.59. The van der Waals surface area contributed by atoms with E-state index in [9.17, 15) is 5.11 Å². The van der Waals surface area contributed by atoms with Gasteiger partial charge < -0.3 is 9.67 Å². The van der Waals surface area contributed by atoms with E-state index in [-0.39, 0.29) is 6.23 Å². The number of aromatic nitrogens is 2. The van der Waals surface area contributed by atoms with Crippen molar-refractivity contribution in [3.63, 3.8) is 0 Å². The van der Waals surface area contributed by atoms with Gasteiger partial charge in [0.05, 0.1) is 5.69 Å². The van der Waals surface area contributed by atoms with Crippen LogP contribution in [0.1, 0.15) is 55.8 Å². The molecule has 1 unspecified atom stereocenters. The Morgan fingerprint density at radius 3 is 2.73 bits per heavy atom. The minimum atomic E-state index is -0.344. The molecule has 1 fully saturated rings. The number of halogens is 1. The average Bonchev–Trinajstić information content (AvgIpc) is 2.43. The molecule has 2 aliphatic rings. The summed E-state index contributed by atoms with van der Waals surface area (Å²) < 4.78 is 3.01. The third-order valence-corrected chi connectivity index (χ3v) is 4.27. The Labute approximate surface area is 97.6 Å². The van der Waals surface area contributed by atoms with E-state index >= 15 is 0 Å². The van der Waals surface area contributed by atoms with Gasteiger partial charge in [-0.05, 0) is 48.0 Å². The summed E-state index contributed by atoms with van der Waals surface area (Å²) in [5.41, 5.74) is 1.19. The summed E-state index contributed by atoms with van der Waals surface area (Å²) in [7, 11) is 0. The fourth-order valence-electron chi connectivity index (χ4n) is 2.55. The molecule has 1 aliphatic carbocycles. The van der Waals surface area contributed by atoms with E-state index in [2.05, 4.69) is 25.5 Å². The molecule has 1 aromatic heterocycles. The van der Waals surface area contributed by atoms with Crippen LogP contribution in [0.4, 0.5) is 0 Å². The maximum absolute atomic E-state index is 10.0. The summed E-state index contributed by atoms with van der Waals surface area (Å²) >= 11 is 3.51. The van der Waals surface area contributed by atoms with E-state index in [4.69, 9.17) is 0 Å². The second-order valence-electron chi connectivity index (χ2n) is 4.58. The van der Waals surface area contributed by atoms with Gasteiger partial charge in [0.1, 0.15) is 16.7 Å². The van der Waals surface area contributed by atoms with Gasteiger partial charge in [-0.3, -0.25) is 0 Å². The lowest BCUT2D eigenvalue weighted by molar-refractivity contribution is 0.0726. The predicted molar refractivity (Wildman–Crippen MR) is 60.7 cm³/mol. The van der Waals surface area contributed by atoms with Gasteiger partial charge in [0.25, 0.3) is 0 Å². The summed E-state index contributed by atoms with van der Waals surface area (Å²) in [5.74, 6) is 1.69. The predicted octanol–water partition coefficient (Wildman–Crippen LogP) is 2.74. The van der Waals surface area contributed by atoms with E-state index in [1.807, 2.05) is 0 Å². The van der Waals surface area contributed by atoms with Crippen molar-refractivity contribution in [1.82, 2.24) is 9.55 Å². The highest BCUT2D eigenvalue weighted by atomic mass is 79.9. The third-order valence-electron chi connectivity index (χ3n) is 3.63. The van der Waals surface area contributed by atoms with Crippen molar-refractivity contribution >= 4 is 15.9 Å². The number of hydrogen-bond donors (Lipinski definition) is 1. The molecule has 2 heterocycles. The van der Waals surface area contributed by atoms with Crippen LogP contribution in [0.5, 0.6) is 0 Å². The maximum Gasteiger partial charge on any atom is 0.132 e. The quantitative estimate of drug-likeness (QED) is 0.852. The van der Waals surface area contributed by atoms with Crippen LogP contribution >= 0.6 is 15.9 Å². The van der Waals surface area contributed by atoms with E-state index in [1.54, 1.807) is 0 Å². The lowest BCUT2D eigenvalue weighted by atomic mass is 9.84. The Morgan fingerprint density at radius 1 is 1.27 bits per heavy atom. The molecule has 1 saturated carbocycles. The van der Waals surface area contributed by atoms with Crippen molar-refractivity contribution in [2.75, 3.05) is 0 Å². The molecular weight excluding hydrogens is 256 g/mol. The van der Waals surface area contributed by atoms with Crippen molar-refractivity contribution in [1.29, 1.82) is 0 Å². The van der Waals surface area contributed by atoms with Crippen LogP contribution in [0, 0.1) is 0 Å². The normalized spacial score (nSPS) is 26.1. The van der Waals surface area contributed by atoms with Crippen molar-refractivity contribution in [2.45, 2.75) is 50.7 Å². The Bertz CT molecular complexity index is 384. The molecule has 1 aliphatic heterocycles. The standard InChI is InChI=1S/C11H15BrN2O/c12-10-8-5-2-6-9(15)14(8)11(13-10)7-3-1-4-7/h7,9,15H,1-6H2. The largest absolute Gasteiger partial charge is 0.373 e. The lowest BCUT2D eigenvalue weighted by Gasteiger charge is -2.29. The van der Waals surface area contributed by atoms with Crippen LogP contribution in [0.2, 0.25) is 0 Å². The molecule has 0 aromatic carbocycles.